The molecule has 6 heteroatoms. The Kier molecular flexibility index (Phi) is 2.66. The third-order valence-electron chi connectivity index (χ3n) is 1.88. The predicted molar refractivity (Wildman–Crippen MR) is 55.1 cm³/mol. The van der Waals surface area contributed by atoms with Crippen LogP contribution in [0.5, 0.6) is 0 Å². The molecule has 78 valence electrons. The van der Waals surface area contributed by atoms with E-state index in [0.717, 1.165) is 0 Å². The number of nitrogens with two attached hydrogens (primary N) is 1. The number of hydrogen-bond acceptors (Lipinski definition) is 5. The van der Waals surface area contributed by atoms with Gasteiger partial charge in [-0.2, -0.15) is 0 Å². The van der Waals surface area contributed by atoms with Crippen LogP contribution in [0.1, 0.15) is 18.7 Å². The highest BCUT2D eigenvalue weighted by atomic mass is 35.5. The van der Waals surface area contributed by atoms with E-state index in [1.807, 2.05) is 6.92 Å². The zero-order valence-corrected chi connectivity index (χ0v) is 8.77. The zero-order chi connectivity index (χ0) is 10.8. The summed E-state index contributed by atoms with van der Waals surface area (Å²) in [7, 11) is 0. The lowest BCUT2D eigenvalue weighted by molar-refractivity contribution is 0.476. The van der Waals surface area contributed by atoms with Gasteiger partial charge in [-0.05, 0) is 6.92 Å². The van der Waals surface area contributed by atoms with Crippen LogP contribution >= 0.6 is 11.6 Å². The number of halogens is 1. The Hall–Kier alpha value is -1.46. The standard InChI is InChI=1S/C9H9ClN4O/c1-5(11)9-8(14-4-15-9)6-2-7(10)13-3-12-6/h2-5H,11H2,1H3. The molecular formula is C9H9ClN4O. The van der Waals surface area contributed by atoms with Gasteiger partial charge in [0, 0.05) is 6.07 Å². The van der Waals surface area contributed by atoms with Crippen molar-refractivity contribution < 1.29 is 4.42 Å². The summed E-state index contributed by atoms with van der Waals surface area (Å²) in [5, 5.41) is 0.360. The normalized spacial score (nSPS) is 12.7. The molecule has 2 heterocycles. The van der Waals surface area contributed by atoms with Crippen LogP contribution in [0, 0.1) is 0 Å². The quantitative estimate of drug-likeness (QED) is 0.787. The fraction of sp³-hybridized carbons (Fsp3) is 0.222. The van der Waals surface area contributed by atoms with Gasteiger partial charge in [-0.1, -0.05) is 11.6 Å². The van der Waals surface area contributed by atoms with E-state index in [9.17, 15) is 0 Å². The highest BCUT2D eigenvalue weighted by Crippen LogP contribution is 2.24. The van der Waals surface area contributed by atoms with Crippen molar-refractivity contribution in [2.75, 3.05) is 0 Å². The van der Waals surface area contributed by atoms with Gasteiger partial charge in [0.25, 0.3) is 0 Å². The predicted octanol–water partition coefficient (Wildman–Crippen LogP) is 1.80. The summed E-state index contributed by atoms with van der Waals surface area (Å²) in [5.41, 5.74) is 6.94. The molecule has 1 atom stereocenters. The summed E-state index contributed by atoms with van der Waals surface area (Å²) < 4.78 is 5.18. The van der Waals surface area contributed by atoms with E-state index in [4.69, 9.17) is 21.8 Å². The van der Waals surface area contributed by atoms with Crippen LogP contribution < -0.4 is 5.73 Å². The summed E-state index contributed by atoms with van der Waals surface area (Å²) in [6.07, 6.45) is 2.71. The molecule has 1 unspecified atom stereocenters. The largest absolute Gasteiger partial charge is 0.446 e. The second kappa shape index (κ2) is 3.96. The SMILES string of the molecule is CC(N)c1ocnc1-c1cc(Cl)ncn1. The molecule has 5 nitrogen and oxygen atoms in total. The van der Waals surface area contributed by atoms with E-state index in [1.54, 1.807) is 6.07 Å². The first-order valence-electron chi connectivity index (χ1n) is 4.35. The molecule has 0 aliphatic heterocycles. The first-order chi connectivity index (χ1) is 7.18. The Morgan fingerprint density at radius 2 is 2.20 bits per heavy atom. The number of oxazole rings is 1. The summed E-state index contributed by atoms with van der Waals surface area (Å²) in [5.74, 6) is 0.588. The van der Waals surface area contributed by atoms with E-state index in [0.29, 0.717) is 22.3 Å². The van der Waals surface area contributed by atoms with Gasteiger partial charge in [0.1, 0.15) is 22.9 Å². The van der Waals surface area contributed by atoms with Crippen molar-refractivity contribution in [3.05, 3.63) is 29.7 Å². The van der Waals surface area contributed by atoms with Gasteiger partial charge in [-0.25, -0.2) is 15.0 Å². The van der Waals surface area contributed by atoms with Gasteiger partial charge in [0.15, 0.2) is 6.39 Å². The number of aromatic nitrogens is 3. The van der Waals surface area contributed by atoms with Crippen molar-refractivity contribution in [3.8, 4) is 11.4 Å². The van der Waals surface area contributed by atoms with Gasteiger partial charge in [-0.3, -0.25) is 0 Å². The minimum atomic E-state index is -0.240. The molecule has 0 saturated carbocycles. The maximum Gasteiger partial charge on any atom is 0.181 e. The molecule has 0 aliphatic carbocycles. The molecule has 0 saturated heterocycles. The minimum absolute atomic E-state index is 0.240. The summed E-state index contributed by atoms with van der Waals surface area (Å²) in [4.78, 5) is 11.9. The van der Waals surface area contributed by atoms with Gasteiger partial charge in [0.05, 0.1) is 11.7 Å². The topological polar surface area (TPSA) is 77.8 Å². The first-order valence-corrected chi connectivity index (χ1v) is 4.73. The summed E-state index contributed by atoms with van der Waals surface area (Å²) in [6.45, 7) is 1.81. The van der Waals surface area contributed by atoms with Gasteiger partial charge in [0.2, 0.25) is 0 Å². The first kappa shape index (κ1) is 10.1. The number of hydrogen-bond donors (Lipinski definition) is 1. The summed E-state index contributed by atoms with van der Waals surface area (Å²) in [6, 6.07) is 1.38. The van der Waals surface area contributed by atoms with Crippen LogP contribution in [0.25, 0.3) is 11.4 Å². The Morgan fingerprint density at radius 3 is 2.87 bits per heavy atom. The van der Waals surface area contributed by atoms with E-state index in [-0.39, 0.29) is 6.04 Å². The Balaban J connectivity index is 2.49. The fourth-order valence-electron chi connectivity index (χ4n) is 1.23. The smallest absolute Gasteiger partial charge is 0.181 e. The highest BCUT2D eigenvalue weighted by molar-refractivity contribution is 6.29. The third-order valence-corrected chi connectivity index (χ3v) is 2.09. The highest BCUT2D eigenvalue weighted by Gasteiger charge is 2.15. The number of nitrogens with zero attached hydrogens (tertiary/aromatic N) is 3. The lowest BCUT2D eigenvalue weighted by Gasteiger charge is -2.03. The molecule has 0 radical (unpaired) electrons. The Morgan fingerprint density at radius 1 is 1.40 bits per heavy atom. The molecule has 2 N–H and O–H groups in total. The molecule has 0 aromatic carbocycles. The lowest BCUT2D eigenvalue weighted by Crippen LogP contribution is -2.05. The average Bonchev–Trinajstić information content (AvgIpc) is 2.65. The Labute approximate surface area is 91.3 Å². The molecule has 0 aliphatic rings. The van der Waals surface area contributed by atoms with Crippen molar-refractivity contribution in [1.29, 1.82) is 0 Å². The molecule has 15 heavy (non-hydrogen) atoms. The average molecular weight is 225 g/mol. The monoisotopic (exact) mass is 224 g/mol. The van der Waals surface area contributed by atoms with Gasteiger partial charge < -0.3 is 10.2 Å². The molecule has 0 spiro atoms. The van der Waals surface area contributed by atoms with Crippen molar-refractivity contribution in [2.24, 2.45) is 5.73 Å². The second-order valence-corrected chi connectivity index (χ2v) is 3.47. The second-order valence-electron chi connectivity index (χ2n) is 3.08. The molecule has 2 aromatic heterocycles. The van der Waals surface area contributed by atoms with Crippen LogP contribution in [-0.2, 0) is 0 Å². The fourth-order valence-corrected chi connectivity index (χ4v) is 1.38. The molecule has 0 amide bonds. The zero-order valence-electron chi connectivity index (χ0n) is 8.01. The van der Waals surface area contributed by atoms with E-state index < -0.39 is 0 Å². The molecule has 0 fully saturated rings. The van der Waals surface area contributed by atoms with E-state index >= 15 is 0 Å². The maximum atomic E-state index is 5.75. The number of rotatable bonds is 2. The van der Waals surface area contributed by atoms with E-state index in [2.05, 4.69) is 15.0 Å². The van der Waals surface area contributed by atoms with E-state index in [1.165, 1.54) is 12.7 Å². The van der Waals surface area contributed by atoms with Crippen LogP contribution in [0.3, 0.4) is 0 Å². The van der Waals surface area contributed by atoms with Crippen LogP contribution in [-0.4, -0.2) is 15.0 Å². The van der Waals surface area contributed by atoms with Gasteiger partial charge in [-0.15, -0.1) is 0 Å². The summed E-state index contributed by atoms with van der Waals surface area (Å²) >= 11 is 5.75. The maximum absolute atomic E-state index is 5.75. The van der Waals surface area contributed by atoms with Crippen LogP contribution in [0.2, 0.25) is 5.15 Å². The Bertz CT molecular complexity index is 469. The van der Waals surface area contributed by atoms with Crippen LogP contribution in [0.15, 0.2) is 23.2 Å². The minimum Gasteiger partial charge on any atom is -0.446 e. The van der Waals surface area contributed by atoms with Crippen molar-refractivity contribution >= 4 is 11.6 Å². The molecular weight excluding hydrogens is 216 g/mol. The van der Waals surface area contributed by atoms with Crippen LogP contribution in [0.4, 0.5) is 0 Å². The van der Waals surface area contributed by atoms with Crippen molar-refractivity contribution in [3.63, 3.8) is 0 Å². The van der Waals surface area contributed by atoms with Crippen molar-refractivity contribution in [1.82, 2.24) is 15.0 Å². The molecule has 2 rings (SSSR count). The molecule has 0 bridgehead atoms. The lowest BCUT2D eigenvalue weighted by atomic mass is 10.2. The third kappa shape index (κ3) is 1.98. The molecule has 2 aromatic rings. The van der Waals surface area contributed by atoms with Crippen molar-refractivity contribution in [2.45, 2.75) is 13.0 Å². The van der Waals surface area contributed by atoms with Gasteiger partial charge >= 0.3 is 0 Å².